The van der Waals surface area contributed by atoms with Crippen LogP contribution in [0.25, 0.3) is 0 Å². The predicted octanol–water partition coefficient (Wildman–Crippen LogP) is -2.91. The fraction of sp³-hybridized carbons (Fsp3) is 0.700. The van der Waals surface area contributed by atoms with Crippen LogP contribution in [0.2, 0.25) is 0 Å². The Balaban J connectivity index is 1.65. The number of nitrogens with two attached hydrogens (primary N) is 1. The summed E-state index contributed by atoms with van der Waals surface area (Å²) in [4.78, 5) is 0. The SMILES string of the molecule is NCC(O[C@@H]1O[C@H](CO[C@@H]2O[C@H](CO)[C@@H](O)[C@H](O)[C@H]2O)[C@@H](O)[C@H](O)[C@H]1O)c1ccc(Br)cc1. The molecule has 13 heteroatoms. The van der Waals surface area contributed by atoms with Crippen LogP contribution in [-0.2, 0) is 18.9 Å². The lowest BCUT2D eigenvalue weighted by Crippen LogP contribution is -2.61. The molecule has 33 heavy (non-hydrogen) atoms. The standard InChI is InChI=1S/C20H30BrNO11/c21-9-3-1-8(2-4-9)10(5-22)31-20-18(29)16(27)14(25)12(33-20)7-30-19-17(28)15(26)13(24)11(6-23)32-19/h1-4,10-20,23-29H,5-7,22H2/t10?,11-,12-,13-,14-,15+,16+,17-,18-,19-,20-/m1/s1. The highest BCUT2D eigenvalue weighted by molar-refractivity contribution is 9.10. The van der Waals surface area contributed by atoms with Gasteiger partial charge in [-0.1, -0.05) is 28.1 Å². The zero-order valence-corrected chi connectivity index (χ0v) is 19.1. The number of halogens is 1. The fourth-order valence-electron chi connectivity index (χ4n) is 3.67. The smallest absolute Gasteiger partial charge is 0.187 e. The number of hydrogen-bond donors (Lipinski definition) is 8. The molecule has 0 bridgehead atoms. The van der Waals surface area contributed by atoms with E-state index in [1.807, 2.05) is 0 Å². The Morgan fingerprint density at radius 2 is 1.36 bits per heavy atom. The van der Waals surface area contributed by atoms with Crippen molar-refractivity contribution in [3.05, 3.63) is 34.3 Å². The van der Waals surface area contributed by atoms with Gasteiger partial charge in [-0.2, -0.15) is 0 Å². The molecule has 2 fully saturated rings. The first-order valence-corrected chi connectivity index (χ1v) is 11.2. The lowest BCUT2D eigenvalue weighted by molar-refractivity contribution is -0.335. The van der Waals surface area contributed by atoms with Gasteiger partial charge in [-0.25, -0.2) is 0 Å². The van der Waals surface area contributed by atoms with Crippen molar-refractivity contribution < 1.29 is 54.7 Å². The zero-order valence-electron chi connectivity index (χ0n) is 17.5. The zero-order chi connectivity index (χ0) is 24.3. The summed E-state index contributed by atoms with van der Waals surface area (Å²) >= 11 is 3.33. The second kappa shape index (κ2) is 11.8. The van der Waals surface area contributed by atoms with E-state index in [9.17, 15) is 35.7 Å². The first-order valence-electron chi connectivity index (χ1n) is 10.4. The van der Waals surface area contributed by atoms with Crippen LogP contribution in [0.5, 0.6) is 0 Å². The van der Waals surface area contributed by atoms with Crippen molar-refractivity contribution in [3.63, 3.8) is 0 Å². The van der Waals surface area contributed by atoms with E-state index in [-0.39, 0.29) is 6.54 Å². The van der Waals surface area contributed by atoms with Crippen molar-refractivity contribution in [2.24, 2.45) is 5.73 Å². The van der Waals surface area contributed by atoms with Gasteiger partial charge < -0.3 is 60.4 Å². The Bertz CT molecular complexity index is 741. The summed E-state index contributed by atoms with van der Waals surface area (Å²) < 4.78 is 22.9. The third-order valence-electron chi connectivity index (χ3n) is 5.70. The Labute approximate surface area is 198 Å². The summed E-state index contributed by atoms with van der Waals surface area (Å²) in [5.41, 5.74) is 6.50. The number of hydrogen-bond acceptors (Lipinski definition) is 12. The van der Waals surface area contributed by atoms with E-state index in [0.29, 0.717) is 5.56 Å². The third-order valence-corrected chi connectivity index (χ3v) is 6.22. The van der Waals surface area contributed by atoms with Crippen LogP contribution in [0, 0.1) is 0 Å². The predicted molar refractivity (Wildman–Crippen MR) is 113 cm³/mol. The lowest BCUT2D eigenvalue weighted by atomic mass is 9.98. The van der Waals surface area contributed by atoms with Crippen LogP contribution in [0.3, 0.4) is 0 Å². The highest BCUT2D eigenvalue weighted by atomic mass is 79.9. The van der Waals surface area contributed by atoms with Gasteiger partial charge in [0.25, 0.3) is 0 Å². The molecule has 1 aromatic rings. The van der Waals surface area contributed by atoms with Gasteiger partial charge in [0.2, 0.25) is 0 Å². The molecule has 0 amide bonds. The number of benzene rings is 1. The molecule has 11 atom stereocenters. The highest BCUT2D eigenvalue weighted by Crippen LogP contribution is 2.29. The molecule has 0 saturated carbocycles. The molecule has 0 radical (unpaired) electrons. The molecule has 2 aliphatic rings. The van der Waals surface area contributed by atoms with E-state index in [4.69, 9.17) is 24.7 Å². The third kappa shape index (κ3) is 6.08. The maximum atomic E-state index is 10.3. The van der Waals surface area contributed by atoms with Crippen molar-refractivity contribution in [2.75, 3.05) is 19.8 Å². The molecule has 0 aliphatic carbocycles. The van der Waals surface area contributed by atoms with E-state index < -0.39 is 80.7 Å². The van der Waals surface area contributed by atoms with E-state index in [1.54, 1.807) is 24.3 Å². The van der Waals surface area contributed by atoms with Gasteiger partial charge in [0.1, 0.15) is 48.8 Å². The molecule has 2 aliphatic heterocycles. The monoisotopic (exact) mass is 539 g/mol. The molecule has 9 N–H and O–H groups in total. The first kappa shape index (κ1) is 26.8. The van der Waals surface area contributed by atoms with Gasteiger partial charge >= 0.3 is 0 Å². The van der Waals surface area contributed by atoms with Crippen LogP contribution in [0.15, 0.2) is 28.7 Å². The Morgan fingerprint density at radius 3 is 1.94 bits per heavy atom. The average Bonchev–Trinajstić information content (AvgIpc) is 2.82. The number of ether oxygens (including phenoxy) is 4. The van der Waals surface area contributed by atoms with Crippen LogP contribution in [-0.4, -0.2) is 117 Å². The van der Waals surface area contributed by atoms with Crippen molar-refractivity contribution >= 4 is 15.9 Å². The van der Waals surface area contributed by atoms with Gasteiger partial charge in [0, 0.05) is 11.0 Å². The van der Waals surface area contributed by atoms with E-state index in [1.165, 1.54) is 0 Å². The minimum absolute atomic E-state index is 0.0406. The van der Waals surface area contributed by atoms with Crippen LogP contribution in [0.4, 0.5) is 0 Å². The van der Waals surface area contributed by atoms with Crippen molar-refractivity contribution in [2.45, 2.75) is 67.5 Å². The fourth-order valence-corrected chi connectivity index (χ4v) is 3.94. The minimum atomic E-state index is -1.65. The summed E-state index contributed by atoms with van der Waals surface area (Å²) in [6, 6.07) is 7.11. The molecular formula is C20H30BrNO11. The maximum Gasteiger partial charge on any atom is 0.187 e. The second-order valence-corrected chi connectivity index (χ2v) is 8.87. The summed E-state index contributed by atoms with van der Waals surface area (Å²) in [5, 5.41) is 70.0. The van der Waals surface area contributed by atoms with E-state index >= 15 is 0 Å². The van der Waals surface area contributed by atoms with Crippen LogP contribution < -0.4 is 5.73 Å². The van der Waals surface area contributed by atoms with Crippen LogP contribution >= 0.6 is 15.9 Å². The minimum Gasteiger partial charge on any atom is -0.394 e. The quantitative estimate of drug-likeness (QED) is 0.167. The summed E-state index contributed by atoms with van der Waals surface area (Å²) in [5.74, 6) is 0. The van der Waals surface area contributed by atoms with Gasteiger partial charge in [0.15, 0.2) is 12.6 Å². The summed E-state index contributed by atoms with van der Waals surface area (Å²) in [6.45, 7) is -1.04. The Hall–Kier alpha value is -0.780. The molecule has 2 saturated heterocycles. The van der Waals surface area contributed by atoms with Gasteiger partial charge in [-0.3, -0.25) is 0 Å². The van der Waals surface area contributed by atoms with Crippen LogP contribution in [0.1, 0.15) is 11.7 Å². The topological polar surface area (TPSA) is 205 Å². The number of aliphatic hydroxyl groups excluding tert-OH is 7. The first-order chi connectivity index (χ1) is 15.7. The Morgan fingerprint density at radius 1 is 0.818 bits per heavy atom. The molecule has 188 valence electrons. The lowest BCUT2D eigenvalue weighted by Gasteiger charge is -2.43. The van der Waals surface area contributed by atoms with Crippen molar-refractivity contribution in [1.29, 1.82) is 0 Å². The molecule has 12 nitrogen and oxygen atoms in total. The van der Waals surface area contributed by atoms with E-state index in [0.717, 1.165) is 4.47 Å². The molecule has 0 aromatic heterocycles. The van der Waals surface area contributed by atoms with Gasteiger partial charge in [-0.05, 0) is 17.7 Å². The maximum absolute atomic E-state index is 10.3. The van der Waals surface area contributed by atoms with Gasteiger partial charge in [-0.15, -0.1) is 0 Å². The molecule has 1 unspecified atom stereocenters. The summed E-state index contributed by atoms with van der Waals surface area (Å²) in [6.07, 6.45) is -15.6. The van der Waals surface area contributed by atoms with Gasteiger partial charge in [0.05, 0.1) is 19.3 Å². The van der Waals surface area contributed by atoms with Crippen molar-refractivity contribution in [3.8, 4) is 0 Å². The van der Waals surface area contributed by atoms with E-state index in [2.05, 4.69) is 15.9 Å². The van der Waals surface area contributed by atoms with Crippen molar-refractivity contribution in [1.82, 2.24) is 0 Å². The molecule has 3 rings (SSSR count). The number of aliphatic hydroxyl groups is 7. The molecule has 1 aromatic carbocycles. The summed E-state index contributed by atoms with van der Waals surface area (Å²) in [7, 11) is 0. The molecular weight excluding hydrogens is 510 g/mol. The average molecular weight is 540 g/mol. The molecule has 0 spiro atoms. The molecule has 2 heterocycles. The number of rotatable bonds is 8. The normalized spacial score (nSPS) is 40.5. The largest absolute Gasteiger partial charge is 0.394 e. The highest BCUT2D eigenvalue weighted by Gasteiger charge is 2.47. The second-order valence-electron chi connectivity index (χ2n) is 7.96. The Kier molecular flexibility index (Phi) is 9.56.